The van der Waals surface area contributed by atoms with Crippen LogP contribution in [0.25, 0.3) is 11.0 Å². The van der Waals surface area contributed by atoms with Crippen LogP contribution in [0.1, 0.15) is 29.8 Å². The van der Waals surface area contributed by atoms with Gasteiger partial charge in [-0.3, -0.25) is 9.59 Å². The third kappa shape index (κ3) is 4.76. The summed E-state index contributed by atoms with van der Waals surface area (Å²) < 4.78 is 10.7. The monoisotopic (exact) mass is 359 g/mol. The fourth-order valence-corrected chi connectivity index (χ4v) is 3.10. The molecule has 2 amide bonds. The van der Waals surface area contributed by atoms with Crippen LogP contribution >= 0.6 is 0 Å². The van der Waals surface area contributed by atoms with Crippen molar-refractivity contribution in [1.29, 1.82) is 0 Å². The van der Waals surface area contributed by atoms with Crippen molar-refractivity contribution in [3.63, 3.8) is 0 Å². The minimum atomic E-state index is -0.411. The summed E-state index contributed by atoms with van der Waals surface area (Å²) in [5.74, 6) is 0.223. The van der Waals surface area contributed by atoms with Crippen molar-refractivity contribution >= 4 is 22.8 Å². The molecule has 1 aliphatic heterocycles. The minimum Gasteiger partial charge on any atom is -0.497 e. The summed E-state index contributed by atoms with van der Waals surface area (Å²) in [6.07, 6.45) is 3.75. The molecule has 2 N–H and O–H groups in total. The molecule has 0 saturated carbocycles. The Balaban J connectivity index is 1.43. The van der Waals surface area contributed by atoms with Gasteiger partial charge < -0.3 is 24.7 Å². The molecule has 1 saturated heterocycles. The van der Waals surface area contributed by atoms with Crippen molar-refractivity contribution in [2.24, 2.45) is 0 Å². The molecule has 1 aromatic carbocycles. The van der Waals surface area contributed by atoms with E-state index in [1.807, 2.05) is 6.07 Å². The Kier molecular flexibility index (Phi) is 6.12. The molecule has 1 aliphatic rings. The normalized spacial score (nSPS) is 15.0. The number of carbonyl (C=O) groups excluding carboxylic acids is 2. The van der Waals surface area contributed by atoms with Crippen LogP contribution < -0.4 is 15.4 Å². The number of amides is 2. The second-order valence-corrected chi connectivity index (χ2v) is 6.45. The fourth-order valence-electron chi connectivity index (χ4n) is 3.10. The van der Waals surface area contributed by atoms with Crippen LogP contribution in [0.15, 0.2) is 28.7 Å². The van der Waals surface area contributed by atoms with Gasteiger partial charge in [-0.25, -0.2) is 0 Å². The quantitative estimate of drug-likeness (QED) is 0.787. The number of methoxy groups -OCH3 is 1. The number of carbonyl (C=O) groups is 2. The first-order valence-electron chi connectivity index (χ1n) is 9.00. The topological polar surface area (TPSA) is 83.8 Å². The van der Waals surface area contributed by atoms with Gasteiger partial charge in [-0.05, 0) is 44.1 Å². The molecule has 0 atom stereocenters. The standard InChI is InChI=1S/C19H25N3O4/c1-25-15-6-5-14-11-17(26-16(14)12-15)19(24)21-13-18(23)20-7-10-22-8-3-2-4-9-22/h5-6,11-12H,2-4,7-10,13H2,1H3,(H,20,23)(H,21,24). The predicted molar refractivity (Wildman–Crippen MR) is 98.4 cm³/mol. The summed E-state index contributed by atoms with van der Waals surface area (Å²) in [5.41, 5.74) is 0.570. The van der Waals surface area contributed by atoms with E-state index in [0.717, 1.165) is 25.0 Å². The van der Waals surface area contributed by atoms with Crippen molar-refractivity contribution in [3.8, 4) is 5.75 Å². The summed E-state index contributed by atoms with van der Waals surface area (Å²) in [6, 6.07) is 6.99. The molecule has 0 spiro atoms. The Bertz CT molecular complexity index is 765. The zero-order valence-corrected chi connectivity index (χ0v) is 15.0. The Morgan fingerprint density at radius 1 is 1.15 bits per heavy atom. The van der Waals surface area contributed by atoms with Crippen LogP contribution in [0.5, 0.6) is 5.75 Å². The van der Waals surface area contributed by atoms with Gasteiger partial charge in [-0.2, -0.15) is 0 Å². The molecule has 1 fully saturated rings. The number of fused-ring (bicyclic) bond motifs is 1. The summed E-state index contributed by atoms with van der Waals surface area (Å²) in [5, 5.41) is 6.23. The number of piperidine rings is 1. The zero-order valence-electron chi connectivity index (χ0n) is 15.0. The number of nitrogens with one attached hydrogen (secondary N) is 2. The van der Waals surface area contributed by atoms with Crippen LogP contribution in [0.4, 0.5) is 0 Å². The number of rotatable bonds is 7. The van der Waals surface area contributed by atoms with Crippen LogP contribution in [0.3, 0.4) is 0 Å². The lowest BCUT2D eigenvalue weighted by atomic mass is 10.1. The van der Waals surface area contributed by atoms with Crippen molar-refractivity contribution in [2.75, 3.05) is 39.8 Å². The predicted octanol–water partition coefficient (Wildman–Crippen LogP) is 1.77. The van der Waals surface area contributed by atoms with Gasteiger partial charge in [0.05, 0.1) is 13.7 Å². The minimum absolute atomic E-state index is 0.0702. The highest BCUT2D eigenvalue weighted by atomic mass is 16.5. The summed E-state index contributed by atoms with van der Waals surface area (Å²) in [4.78, 5) is 26.4. The molecule has 7 heteroatoms. The van der Waals surface area contributed by atoms with E-state index in [0.29, 0.717) is 17.9 Å². The Morgan fingerprint density at radius 2 is 1.96 bits per heavy atom. The molecule has 0 bridgehead atoms. The molecular weight excluding hydrogens is 334 g/mol. The molecule has 0 aliphatic carbocycles. The summed E-state index contributed by atoms with van der Waals surface area (Å²) in [6.45, 7) is 3.58. The molecule has 1 aromatic heterocycles. The first kappa shape index (κ1) is 18.3. The van der Waals surface area contributed by atoms with Gasteiger partial charge in [0.1, 0.15) is 11.3 Å². The van der Waals surface area contributed by atoms with E-state index in [2.05, 4.69) is 15.5 Å². The number of nitrogens with zero attached hydrogens (tertiary/aromatic N) is 1. The van der Waals surface area contributed by atoms with Gasteiger partial charge in [0, 0.05) is 24.5 Å². The summed E-state index contributed by atoms with van der Waals surface area (Å²) >= 11 is 0. The zero-order chi connectivity index (χ0) is 18.4. The van der Waals surface area contributed by atoms with Gasteiger partial charge in [-0.15, -0.1) is 0 Å². The van der Waals surface area contributed by atoms with Crippen molar-refractivity contribution in [2.45, 2.75) is 19.3 Å². The maximum atomic E-state index is 12.2. The van der Waals surface area contributed by atoms with E-state index >= 15 is 0 Å². The molecule has 26 heavy (non-hydrogen) atoms. The number of benzene rings is 1. The van der Waals surface area contributed by atoms with Gasteiger partial charge in [0.15, 0.2) is 5.76 Å². The highest BCUT2D eigenvalue weighted by Crippen LogP contribution is 2.24. The third-order valence-corrected chi connectivity index (χ3v) is 4.56. The van der Waals surface area contributed by atoms with Gasteiger partial charge in [0.25, 0.3) is 5.91 Å². The third-order valence-electron chi connectivity index (χ3n) is 4.56. The summed E-state index contributed by atoms with van der Waals surface area (Å²) in [7, 11) is 1.57. The van der Waals surface area contributed by atoms with E-state index < -0.39 is 5.91 Å². The Morgan fingerprint density at radius 3 is 2.73 bits per heavy atom. The van der Waals surface area contributed by atoms with E-state index in [4.69, 9.17) is 9.15 Å². The second-order valence-electron chi connectivity index (χ2n) is 6.45. The number of hydrogen-bond acceptors (Lipinski definition) is 5. The lowest BCUT2D eigenvalue weighted by Gasteiger charge is -2.26. The molecule has 0 unspecified atom stereocenters. The van der Waals surface area contributed by atoms with Crippen LogP contribution in [0.2, 0.25) is 0 Å². The molecule has 2 aromatic rings. The highest BCUT2D eigenvalue weighted by molar-refractivity contribution is 5.97. The molecule has 2 heterocycles. The van der Waals surface area contributed by atoms with E-state index in [1.54, 1.807) is 25.3 Å². The first-order valence-corrected chi connectivity index (χ1v) is 9.00. The van der Waals surface area contributed by atoms with Gasteiger partial charge in [0.2, 0.25) is 5.91 Å². The van der Waals surface area contributed by atoms with Crippen LogP contribution in [0, 0.1) is 0 Å². The molecule has 3 rings (SSSR count). The maximum Gasteiger partial charge on any atom is 0.287 e. The number of hydrogen-bond donors (Lipinski definition) is 2. The second kappa shape index (κ2) is 8.71. The van der Waals surface area contributed by atoms with E-state index in [1.165, 1.54) is 19.3 Å². The van der Waals surface area contributed by atoms with Crippen molar-refractivity contribution < 1.29 is 18.7 Å². The Hall–Kier alpha value is -2.54. The van der Waals surface area contributed by atoms with Crippen molar-refractivity contribution in [3.05, 3.63) is 30.0 Å². The van der Waals surface area contributed by atoms with Gasteiger partial charge >= 0.3 is 0 Å². The van der Waals surface area contributed by atoms with Crippen LogP contribution in [-0.4, -0.2) is 56.5 Å². The smallest absolute Gasteiger partial charge is 0.287 e. The van der Waals surface area contributed by atoms with Gasteiger partial charge in [-0.1, -0.05) is 6.42 Å². The number of ether oxygens (including phenoxy) is 1. The molecule has 0 radical (unpaired) electrons. The number of likely N-dealkylation sites (tertiary alicyclic amines) is 1. The average Bonchev–Trinajstić information content (AvgIpc) is 3.10. The maximum absolute atomic E-state index is 12.2. The molecule has 140 valence electrons. The Labute approximate surface area is 152 Å². The lowest BCUT2D eigenvalue weighted by molar-refractivity contribution is -0.120. The molecular formula is C19H25N3O4. The molecule has 7 nitrogen and oxygen atoms in total. The SMILES string of the molecule is COc1ccc2cc(C(=O)NCC(=O)NCCN3CCCCC3)oc2c1. The van der Waals surface area contributed by atoms with Crippen molar-refractivity contribution in [1.82, 2.24) is 15.5 Å². The van der Waals surface area contributed by atoms with Crippen LogP contribution in [-0.2, 0) is 4.79 Å². The fraction of sp³-hybridized carbons (Fsp3) is 0.474. The highest BCUT2D eigenvalue weighted by Gasteiger charge is 2.14. The average molecular weight is 359 g/mol. The van der Waals surface area contributed by atoms with E-state index in [-0.39, 0.29) is 18.2 Å². The van der Waals surface area contributed by atoms with E-state index in [9.17, 15) is 9.59 Å². The first-order chi connectivity index (χ1) is 12.7. The largest absolute Gasteiger partial charge is 0.497 e. The lowest BCUT2D eigenvalue weighted by Crippen LogP contribution is -2.41. The number of furan rings is 1.